The molecule has 0 saturated heterocycles. The Morgan fingerprint density at radius 2 is 1.78 bits per heavy atom. The molecule has 1 aliphatic rings. The zero-order valence-corrected chi connectivity index (χ0v) is 13.7. The monoisotopic (exact) mass is 304 g/mol. The van der Waals surface area contributed by atoms with Crippen molar-refractivity contribution in [2.24, 2.45) is 17.3 Å². The topological polar surface area (TPSA) is 0 Å². The molecule has 1 saturated carbocycles. The minimum Gasteiger partial charge on any atom is -0.127 e. The summed E-state index contributed by atoms with van der Waals surface area (Å²) in [5.41, 5.74) is 0.443. The van der Waals surface area contributed by atoms with Crippen LogP contribution in [0.3, 0.4) is 0 Å². The molecule has 2 rings (SSSR count). The first-order chi connectivity index (χ1) is 8.38. The van der Waals surface area contributed by atoms with Crippen LogP contribution < -0.4 is 0 Å². The van der Waals surface area contributed by atoms with Gasteiger partial charge in [0.1, 0.15) is 0 Å². The summed E-state index contributed by atoms with van der Waals surface area (Å²) in [6.45, 7) is 7.07. The molecule has 0 bridgehead atoms. The third-order valence-electron chi connectivity index (χ3n) is 4.28. The standard InChI is InChI=1S/C15H22Cl2S/c1-15(2,3)11-6-4-10(5-7-11)14(17)12-8-9-13(16)18-12/h8-11,14H,4-7H2,1-3H3. The van der Waals surface area contributed by atoms with Crippen LogP contribution in [0.4, 0.5) is 0 Å². The fraction of sp³-hybridized carbons (Fsp3) is 0.733. The predicted molar refractivity (Wildman–Crippen MR) is 82.8 cm³/mol. The van der Waals surface area contributed by atoms with E-state index in [9.17, 15) is 0 Å². The van der Waals surface area contributed by atoms with Gasteiger partial charge in [0.25, 0.3) is 0 Å². The Balaban J connectivity index is 1.94. The van der Waals surface area contributed by atoms with Crippen LogP contribution >= 0.6 is 34.5 Å². The summed E-state index contributed by atoms with van der Waals surface area (Å²) in [7, 11) is 0. The van der Waals surface area contributed by atoms with Gasteiger partial charge in [0, 0.05) is 4.88 Å². The number of alkyl halides is 1. The van der Waals surface area contributed by atoms with E-state index in [1.54, 1.807) is 11.3 Å². The molecule has 0 N–H and O–H groups in total. The van der Waals surface area contributed by atoms with E-state index in [1.807, 2.05) is 6.07 Å². The lowest BCUT2D eigenvalue weighted by Gasteiger charge is -2.38. The van der Waals surface area contributed by atoms with Gasteiger partial charge in [0.05, 0.1) is 9.71 Å². The maximum absolute atomic E-state index is 6.61. The molecule has 0 aromatic carbocycles. The molecule has 1 aromatic rings. The van der Waals surface area contributed by atoms with E-state index < -0.39 is 0 Å². The summed E-state index contributed by atoms with van der Waals surface area (Å²) in [6, 6.07) is 4.04. The number of hydrogen-bond donors (Lipinski definition) is 0. The normalized spacial score (nSPS) is 27.2. The summed E-state index contributed by atoms with van der Waals surface area (Å²) in [4.78, 5) is 1.24. The van der Waals surface area contributed by atoms with Crippen molar-refractivity contribution in [1.82, 2.24) is 0 Å². The van der Waals surface area contributed by atoms with Gasteiger partial charge < -0.3 is 0 Å². The second-order valence-electron chi connectivity index (χ2n) is 6.52. The van der Waals surface area contributed by atoms with Crippen molar-refractivity contribution < 1.29 is 0 Å². The van der Waals surface area contributed by atoms with E-state index in [4.69, 9.17) is 23.2 Å². The average molecular weight is 305 g/mol. The molecule has 0 aliphatic heterocycles. The Labute approximate surface area is 125 Å². The van der Waals surface area contributed by atoms with Crippen LogP contribution in [0.2, 0.25) is 4.34 Å². The molecular weight excluding hydrogens is 283 g/mol. The largest absolute Gasteiger partial charge is 0.127 e. The molecule has 0 spiro atoms. The molecule has 1 atom stereocenters. The van der Waals surface area contributed by atoms with Crippen LogP contribution in [0.15, 0.2) is 12.1 Å². The second-order valence-corrected chi connectivity index (χ2v) is 8.74. The Morgan fingerprint density at radius 1 is 1.17 bits per heavy atom. The third kappa shape index (κ3) is 3.43. The number of thiophene rings is 1. The van der Waals surface area contributed by atoms with Crippen LogP contribution in [0.5, 0.6) is 0 Å². The lowest BCUT2D eigenvalue weighted by molar-refractivity contribution is 0.148. The lowest BCUT2D eigenvalue weighted by Crippen LogP contribution is -2.27. The maximum Gasteiger partial charge on any atom is 0.0931 e. The molecule has 0 nitrogen and oxygen atoms in total. The second kappa shape index (κ2) is 5.73. The molecule has 1 aliphatic carbocycles. The summed E-state index contributed by atoms with van der Waals surface area (Å²) < 4.78 is 0.846. The van der Waals surface area contributed by atoms with E-state index in [1.165, 1.54) is 30.6 Å². The van der Waals surface area contributed by atoms with Crippen molar-refractivity contribution in [3.8, 4) is 0 Å². The molecule has 1 unspecified atom stereocenters. The van der Waals surface area contributed by atoms with E-state index in [-0.39, 0.29) is 5.38 Å². The van der Waals surface area contributed by atoms with Gasteiger partial charge in [-0.2, -0.15) is 0 Å². The van der Waals surface area contributed by atoms with Crippen LogP contribution in [0, 0.1) is 17.3 Å². The fourth-order valence-electron chi connectivity index (χ4n) is 2.99. The summed E-state index contributed by atoms with van der Waals surface area (Å²) in [6.07, 6.45) is 5.14. The Bertz CT molecular complexity index is 383. The minimum atomic E-state index is 0.156. The Morgan fingerprint density at radius 3 is 2.22 bits per heavy atom. The molecule has 18 heavy (non-hydrogen) atoms. The zero-order valence-electron chi connectivity index (χ0n) is 11.4. The molecule has 1 heterocycles. The Kier molecular flexibility index (Phi) is 4.67. The zero-order chi connectivity index (χ0) is 13.3. The Hall–Kier alpha value is 0.280. The fourth-order valence-corrected chi connectivity index (χ4v) is 4.58. The molecular formula is C15H22Cl2S. The van der Waals surface area contributed by atoms with E-state index in [0.29, 0.717) is 11.3 Å². The van der Waals surface area contributed by atoms with Gasteiger partial charge in [0.2, 0.25) is 0 Å². The maximum atomic E-state index is 6.61. The number of halogens is 2. The first-order valence-corrected chi connectivity index (χ1v) is 8.40. The van der Waals surface area contributed by atoms with Crippen molar-refractivity contribution in [2.45, 2.75) is 51.8 Å². The molecule has 0 amide bonds. The molecule has 102 valence electrons. The van der Waals surface area contributed by atoms with Gasteiger partial charge in [-0.15, -0.1) is 22.9 Å². The highest BCUT2D eigenvalue weighted by Gasteiger charge is 2.33. The van der Waals surface area contributed by atoms with Crippen LogP contribution in [-0.4, -0.2) is 0 Å². The molecule has 0 radical (unpaired) electrons. The van der Waals surface area contributed by atoms with Crippen LogP contribution in [0.1, 0.15) is 56.7 Å². The smallest absolute Gasteiger partial charge is 0.0931 e. The summed E-state index contributed by atoms with van der Waals surface area (Å²) in [5.74, 6) is 1.48. The highest BCUT2D eigenvalue weighted by atomic mass is 35.5. The van der Waals surface area contributed by atoms with Crippen molar-refractivity contribution in [1.29, 1.82) is 0 Å². The van der Waals surface area contributed by atoms with Crippen LogP contribution in [-0.2, 0) is 0 Å². The number of hydrogen-bond acceptors (Lipinski definition) is 1. The van der Waals surface area contributed by atoms with Gasteiger partial charge in [-0.05, 0) is 55.1 Å². The third-order valence-corrected chi connectivity index (χ3v) is 6.31. The quantitative estimate of drug-likeness (QED) is 0.545. The van der Waals surface area contributed by atoms with Crippen molar-refractivity contribution in [3.05, 3.63) is 21.3 Å². The number of rotatable bonds is 2. The average Bonchev–Trinajstić information content (AvgIpc) is 2.74. The van der Waals surface area contributed by atoms with Gasteiger partial charge in [-0.1, -0.05) is 32.4 Å². The van der Waals surface area contributed by atoms with Gasteiger partial charge >= 0.3 is 0 Å². The van der Waals surface area contributed by atoms with E-state index >= 15 is 0 Å². The molecule has 3 heteroatoms. The van der Waals surface area contributed by atoms with E-state index in [2.05, 4.69) is 26.8 Å². The summed E-state index contributed by atoms with van der Waals surface area (Å²) in [5, 5.41) is 0.156. The first kappa shape index (κ1) is 14.7. The molecule has 1 aromatic heterocycles. The van der Waals surface area contributed by atoms with Crippen molar-refractivity contribution >= 4 is 34.5 Å². The lowest BCUT2D eigenvalue weighted by atomic mass is 9.69. The first-order valence-electron chi connectivity index (χ1n) is 6.77. The highest BCUT2D eigenvalue weighted by molar-refractivity contribution is 7.16. The van der Waals surface area contributed by atoms with Gasteiger partial charge in [-0.3, -0.25) is 0 Å². The van der Waals surface area contributed by atoms with Gasteiger partial charge in [0.15, 0.2) is 0 Å². The molecule has 1 fully saturated rings. The SMILES string of the molecule is CC(C)(C)C1CCC(C(Cl)c2ccc(Cl)s2)CC1. The van der Waals surface area contributed by atoms with Crippen molar-refractivity contribution in [3.63, 3.8) is 0 Å². The van der Waals surface area contributed by atoms with Crippen molar-refractivity contribution in [2.75, 3.05) is 0 Å². The van der Waals surface area contributed by atoms with E-state index in [0.717, 1.165) is 10.3 Å². The summed E-state index contributed by atoms with van der Waals surface area (Å²) >= 11 is 14.2. The van der Waals surface area contributed by atoms with Gasteiger partial charge in [-0.25, -0.2) is 0 Å². The minimum absolute atomic E-state index is 0.156. The predicted octanol–water partition coefficient (Wildman–Crippen LogP) is 6.53. The van der Waals surface area contributed by atoms with Crippen LogP contribution in [0.25, 0.3) is 0 Å². The highest BCUT2D eigenvalue weighted by Crippen LogP contribution is 2.46.